The molecule has 1 aliphatic heterocycles. The molecular formula is C15H23NO2S2. The van der Waals surface area contributed by atoms with E-state index < -0.39 is 6.10 Å². The molecule has 0 radical (unpaired) electrons. The third-order valence-electron chi connectivity index (χ3n) is 3.34. The highest BCUT2D eigenvalue weighted by molar-refractivity contribution is 8.06. The number of rotatable bonds is 6. The number of aryl methyl sites for hydroxylation is 1. The lowest BCUT2D eigenvalue weighted by Crippen LogP contribution is -2.31. The van der Waals surface area contributed by atoms with Gasteiger partial charge in [-0.05, 0) is 19.1 Å². The third-order valence-corrected chi connectivity index (χ3v) is 6.18. The van der Waals surface area contributed by atoms with Crippen LogP contribution in [-0.4, -0.2) is 47.8 Å². The number of aliphatic hydroxyl groups is 1. The van der Waals surface area contributed by atoms with E-state index in [1.54, 1.807) is 7.11 Å². The summed E-state index contributed by atoms with van der Waals surface area (Å²) in [6.45, 7) is 3.56. The molecule has 0 amide bonds. The fraction of sp³-hybridized carbons (Fsp3) is 0.600. The second-order valence-electron chi connectivity index (χ2n) is 4.99. The first-order valence-electron chi connectivity index (χ1n) is 6.93. The smallest absolute Gasteiger partial charge is 0.124 e. The third kappa shape index (κ3) is 4.58. The Bertz CT molecular complexity index is 422. The summed E-state index contributed by atoms with van der Waals surface area (Å²) < 4.78 is 5.32. The van der Waals surface area contributed by atoms with Crippen LogP contribution in [0.3, 0.4) is 0 Å². The van der Waals surface area contributed by atoms with Crippen LogP contribution in [0.15, 0.2) is 18.2 Å². The Labute approximate surface area is 129 Å². The van der Waals surface area contributed by atoms with Gasteiger partial charge in [-0.2, -0.15) is 23.5 Å². The topological polar surface area (TPSA) is 41.5 Å². The maximum absolute atomic E-state index is 10.3. The van der Waals surface area contributed by atoms with Crippen LogP contribution in [0.25, 0.3) is 0 Å². The van der Waals surface area contributed by atoms with Crippen molar-refractivity contribution in [2.75, 3.05) is 37.5 Å². The standard InChI is InChI=1S/C15H23NO2S2/c1-11-3-4-15(18-2)13(7-11)14(17)9-16-8-12-10-19-5-6-20-12/h3-4,7,12,14,16-17H,5-6,8-10H2,1-2H3. The molecule has 1 aromatic carbocycles. The first kappa shape index (κ1) is 16.0. The van der Waals surface area contributed by atoms with E-state index in [1.807, 2.05) is 48.6 Å². The Morgan fingerprint density at radius 1 is 1.45 bits per heavy atom. The maximum atomic E-state index is 10.3. The Morgan fingerprint density at radius 3 is 3.00 bits per heavy atom. The molecule has 3 nitrogen and oxygen atoms in total. The summed E-state index contributed by atoms with van der Waals surface area (Å²) in [4.78, 5) is 0. The minimum absolute atomic E-state index is 0.522. The van der Waals surface area contributed by atoms with E-state index in [0.29, 0.717) is 11.8 Å². The van der Waals surface area contributed by atoms with Gasteiger partial charge in [0.15, 0.2) is 0 Å². The highest BCUT2D eigenvalue weighted by Crippen LogP contribution is 2.26. The molecule has 0 spiro atoms. The average molecular weight is 313 g/mol. The van der Waals surface area contributed by atoms with Gasteiger partial charge in [0.1, 0.15) is 5.75 Å². The average Bonchev–Trinajstić information content (AvgIpc) is 2.48. The Balaban J connectivity index is 1.84. The monoisotopic (exact) mass is 313 g/mol. The van der Waals surface area contributed by atoms with Crippen molar-refractivity contribution in [1.82, 2.24) is 5.32 Å². The first-order chi connectivity index (χ1) is 9.70. The van der Waals surface area contributed by atoms with E-state index >= 15 is 0 Å². The fourth-order valence-electron chi connectivity index (χ4n) is 2.26. The highest BCUT2D eigenvalue weighted by atomic mass is 32.2. The van der Waals surface area contributed by atoms with E-state index in [1.165, 1.54) is 17.3 Å². The van der Waals surface area contributed by atoms with Gasteiger partial charge >= 0.3 is 0 Å². The Kier molecular flexibility index (Phi) is 6.55. The van der Waals surface area contributed by atoms with Gasteiger partial charge in [0.05, 0.1) is 13.2 Å². The van der Waals surface area contributed by atoms with Crippen LogP contribution in [0.1, 0.15) is 17.2 Å². The van der Waals surface area contributed by atoms with Crippen LogP contribution in [0.4, 0.5) is 0 Å². The van der Waals surface area contributed by atoms with E-state index in [-0.39, 0.29) is 0 Å². The van der Waals surface area contributed by atoms with Crippen LogP contribution < -0.4 is 10.1 Å². The van der Waals surface area contributed by atoms with E-state index in [2.05, 4.69) is 5.32 Å². The summed E-state index contributed by atoms with van der Waals surface area (Å²) in [6, 6.07) is 5.91. The molecule has 0 aliphatic carbocycles. The molecule has 112 valence electrons. The number of aliphatic hydroxyl groups excluding tert-OH is 1. The lowest BCUT2D eigenvalue weighted by molar-refractivity contribution is 0.171. The van der Waals surface area contributed by atoms with Gasteiger partial charge < -0.3 is 15.2 Å². The molecule has 1 heterocycles. The molecule has 2 rings (SSSR count). The first-order valence-corrected chi connectivity index (χ1v) is 9.13. The molecular weight excluding hydrogens is 290 g/mol. The van der Waals surface area contributed by atoms with Gasteiger partial charge in [0.25, 0.3) is 0 Å². The van der Waals surface area contributed by atoms with Crippen LogP contribution in [0, 0.1) is 6.92 Å². The number of hydrogen-bond donors (Lipinski definition) is 2. The zero-order chi connectivity index (χ0) is 14.4. The predicted molar refractivity (Wildman–Crippen MR) is 89.1 cm³/mol. The molecule has 2 N–H and O–H groups in total. The largest absolute Gasteiger partial charge is 0.496 e. The fourth-order valence-corrected chi connectivity index (χ4v) is 4.91. The molecule has 1 aliphatic rings. The Morgan fingerprint density at radius 2 is 2.30 bits per heavy atom. The minimum atomic E-state index is -0.522. The lowest BCUT2D eigenvalue weighted by atomic mass is 10.1. The molecule has 2 unspecified atom stereocenters. The normalized spacial score (nSPS) is 20.6. The molecule has 1 fully saturated rings. The molecule has 0 aromatic heterocycles. The van der Waals surface area contributed by atoms with Crippen LogP contribution >= 0.6 is 23.5 Å². The maximum Gasteiger partial charge on any atom is 0.124 e. The van der Waals surface area contributed by atoms with Crippen molar-refractivity contribution >= 4 is 23.5 Å². The molecule has 5 heteroatoms. The van der Waals surface area contributed by atoms with Crippen molar-refractivity contribution in [2.45, 2.75) is 18.3 Å². The van der Waals surface area contributed by atoms with Gasteiger partial charge in [-0.25, -0.2) is 0 Å². The number of nitrogens with one attached hydrogen (secondary N) is 1. The van der Waals surface area contributed by atoms with Gasteiger partial charge in [-0.1, -0.05) is 11.6 Å². The van der Waals surface area contributed by atoms with Gasteiger partial charge in [-0.15, -0.1) is 0 Å². The van der Waals surface area contributed by atoms with Gasteiger partial charge in [0, 0.05) is 41.2 Å². The quantitative estimate of drug-likeness (QED) is 0.844. The Hall–Kier alpha value is -0.360. The summed E-state index contributed by atoms with van der Waals surface area (Å²) in [5, 5.41) is 14.4. The van der Waals surface area contributed by atoms with Gasteiger partial charge in [0.2, 0.25) is 0 Å². The highest BCUT2D eigenvalue weighted by Gasteiger charge is 2.16. The second-order valence-corrected chi connectivity index (χ2v) is 7.55. The van der Waals surface area contributed by atoms with Crippen LogP contribution in [-0.2, 0) is 0 Å². The van der Waals surface area contributed by atoms with Gasteiger partial charge in [-0.3, -0.25) is 0 Å². The summed E-state index contributed by atoms with van der Waals surface area (Å²) in [5.41, 5.74) is 2.00. The number of benzene rings is 1. The number of ether oxygens (including phenoxy) is 1. The van der Waals surface area contributed by atoms with Crippen LogP contribution in [0.2, 0.25) is 0 Å². The number of methoxy groups -OCH3 is 1. The molecule has 0 saturated carbocycles. The lowest BCUT2D eigenvalue weighted by Gasteiger charge is -2.22. The summed E-state index contributed by atoms with van der Waals surface area (Å²) >= 11 is 4.05. The number of thioether (sulfide) groups is 2. The van der Waals surface area contributed by atoms with Crippen molar-refractivity contribution in [3.05, 3.63) is 29.3 Å². The molecule has 1 aromatic rings. The minimum Gasteiger partial charge on any atom is -0.496 e. The van der Waals surface area contributed by atoms with E-state index in [9.17, 15) is 5.11 Å². The SMILES string of the molecule is COc1ccc(C)cc1C(O)CNCC1CSCCS1. The summed E-state index contributed by atoms with van der Waals surface area (Å²) in [5.74, 6) is 4.48. The van der Waals surface area contributed by atoms with Crippen molar-refractivity contribution in [3.8, 4) is 5.75 Å². The molecule has 20 heavy (non-hydrogen) atoms. The van der Waals surface area contributed by atoms with Crippen molar-refractivity contribution in [1.29, 1.82) is 0 Å². The summed E-state index contributed by atoms with van der Waals surface area (Å²) in [6.07, 6.45) is -0.522. The second kappa shape index (κ2) is 8.17. The zero-order valence-electron chi connectivity index (χ0n) is 12.1. The molecule has 1 saturated heterocycles. The van der Waals surface area contributed by atoms with E-state index in [4.69, 9.17) is 4.74 Å². The zero-order valence-corrected chi connectivity index (χ0v) is 13.7. The van der Waals surface area contributed by atoms with Crippen LogP contribution in [0.5, 0.6) is 5.75 Å². The molecule has 0 bridgehead atoms. The number of hydrogen-bond acceptors (Lipinski definition) is 5. The van der Waals surface area contributed by atoms with E-state index in [0.717, 1.165) is 23.4 Å². The predicted octanol–water partition coefficient (Wildman–Crippen LogP) is 2.48. The van der Waals surface area contributed by atoms with Crippen molar-refractivity contribution in [3.63, 3.8) is 0 Å². The van der Waals surface area contributed by atoms with Crippen molar-refractivity contribution < 1.29 is 9.84 Å². The summed E-state index contributed by atoms with van der Waals surface area (Å²) in [7, 11) is 1.64. The van der Waals surface area contributed by atoms with Crippen molar-refractivity contribution in [2.24, 2.45) is 0 Å². The molecule has 2 atom stereocenters.